The van der Waals surface area contributed by atoms with E-state index in [1.165, 1.54) is 5.57 Å². The van der Waals surface area contributed by atoms with Gasteiger partial charge in [0.05, 0.1) is 24.7 Å². The summed E-state index contributed by atoms with van der Waals surface area (Å²) in [4.78, 5) is 26.4. The largest absolute Gasteiger partial charge is 0.479 e. The van der Waals surface area contributed by atoms with Gasteiger partial charge >= 0.3 is 11.9 Å². The third-order valence-electron chi connectivity index (χ3n) is 17.3. The summed E-state index contributed by atoms with van der Waals surface area (Å²) in [6.07, 6.45) is -9.02. The van der Waals surface area contributed by atoms with E-state index in [-0.39, 0.29) is 40.1 Å². The number of aliphatic carboxylic acids is 1. The zero-order valence-corrected chi connectivity index (χ0v) is 34.1. The molecule has 19 atom stereocenters. The molecule has 0 aromatic carbocycles. The van der Waals surface area contributed by atoms with Gasteiger partial charge in [-0.15, -0.1) is 0 Å². The lowest BCUT2D eigenvalue weighted by molar-refractivity contribution is -0.353. The average molecular weight is 811 g/mol. The van der Waals surface area contributed by atoms with Crippen LogP contribution in [-0.2, 0) is 28.5 Å². The Bertz CT molecular complexity index is 1590. The van der Waals surface area contributed by atoms with Crippen molar-refractivity contribution in [2.45, 2.75) is 173 Å². The van der Waals surface area contributed by atoms with E-state index in [9.17, 15) is 55.5 Å². The Hall–Kier alpha value is -1.76. The highest BCUT2D eigenvalue weighted by atomic mass is 16.7. The van der Waals surface area contributed by atoms with Crippen molar-refractivity contribution in [3.63, 3.8) is 0 Å². The number of hydrogen-bond acceptors (Lipinski definition) is 14. The summed E-state index contributed by atoms with van der Waals surface area (Å²) < 4.78 is 22.7. The highest BCUT2D eigenvalue weighted by Crippen LogP contribution is 2.76. The van der Waals surface area contributed by atoms with Crippen LogP contribution < -0.4 is 0 Å². The summed E-state index contributed by atoms with van der Waals surface area (Å²) in [6.45, 7) is 12.8. The average Bonchev–Trinajstić information content (AvgIpc) is 3.16. The van der Waals surface area contributed by atoms with E-state index in [1.807, 2.05) is 6.92 Å². The lowest BCUT2D eigenvalue weighted by atomic mass is 9.33. The molecule has 7 aliphatic rings. The molecule has 0 aromatic heterocycles. The summed E-state index contributed by atoms with van der Waals surface area (Å²) >= 11 is 0. The summed E-state index contributed by atoms with van der Waals surface area (Å²) in [6, 6.07) is 0. The van der Waals surface area contributed by atoms with Gasteiger partial charge in [0.25, 0.3) is 0 Å². The van der Waals surface area contributed by atoms with Gasteiger partial charge in [-0.1, -0.05) is 53.2 Å². The Balaban J connectivity index is 1.14. The molecule has 0 unspecified atom stereocenters. The van der Waals surface area contributed by atoms with Crippen LogP contribution in [0.4, 0.5) is 0 Å². The van der Waals surface area contributed by atoms with Crippen LogP contribution in [-0.4, -0.2) is 139 Å². The molecule has 0 amide bonds. The van der Waals surface area contributed by atoms with Gasteiger partial charge in [-0.2, -0.15) is 0 Å². The van der Waals surface area contributed by atoms with E-state index in [0.717, 1.165) is 44.9 Å². The molecular formula is C42H66O15. The Morgan fingerprint density at radius 3 is 2.09 bits per heavy atom. The van der Waals surface area contributed by atoms with Gasteiger partial charge in [0.1, 0.15) is 42.7 Å². The van der Waals surface area contributed by atoms with E-state index in [1.54, 1.807) is 0 Å². The first-order valence-corrected chi connectivity index (χ1v) is 21.0. The number of rotatable bonds is 7. The van der Waals surface area contributed by atoms with Crippen molar-refractivity contribution in [3.05, 3.63) is 11.6 Å². The monoisotopic (exact) mass is 810 g/mol. The first-order chi connectivity index (χ1) is 26.5. The molecule has 15 nitrogen and oxygen atoms in total. The molecule has 0 spiro atoms. The number of carboxylic acids is 1. The standard InChI is InChI=1S/C42H66O15/c1-37(2)13-15-42(36(53)57-34-30(50)28(48)31(22(18-43)54-34)55-35-29(49)26(46)27(47)32(56-35)33(51)52)16-14-40(5)20(21(42)17-37)7-8-24-38(3)11-10-25(45)39(4,19-44)23(38)9-12-41(24,40)6/h7,21-32,34-35,43-50H,8-19H2,1-6H3,(H,51,52)/t21-,22-,23+,24-,25-,26+,27+,28-,29-,30-,31-,32+,34+,35-,38+,39+,40-,41-,42+/m1/s1. The third-order valence-corrected chi connectivity index (χ3v) is 17.3. The number of fused-ring (bicyclic) bond motifs is 7. The molecule has 0 radical (unpaired) electrons. The maximum absolute atomic E-state index is 14.8. The van der Waals surface area contributed by atoms with Crippen LogP contribution in [0.25, 0.3) is 0 Å². The topological polar surface area (TPSA) is 253 Å². The van der Waals surface area contributed by atoms with Gasteiger partial charge in [0.2, 0.25) is 6.29 Å². The second-order valence-corrected chi connectivity index (χ2v) is 20.5. The Labute approximate surface area is 334 Å². The van der Waals surface area contributed by atoms with Crippen LogP contribution in [0.2, 0.25) is 0 Å². The predicted octanol–water partition coefficient (Wildman–Crippen LogP) is 1.38. The SMILES string of the molecule is CC1(C)CC[C@]2(C(=O)O[C@@H]3O[C@H](CO)[C@@H](O[C@@H]4O[C@H](C(=O)O)[C@@H](O)[C@H](O)[C@H]4O)[C@H](O)[C@H]3O)CC[C@]3(C)C(=CC[C@@H]4[C@@]5(C)CC[C@@H](O)[C@@](C)(CO)[C@H]5CC[C@]43C)[C@H]2C1. The smallest absolute Gasteiger partial charge is 0.335 e. The molecule has 2 aliphatic heterocycles. The molecule has 0 aromatic rings. The quantitative estimate of drug-likeness (QED) is 0.130. The summed E-state index contributed by atoms with van der Waals surface area (Å²) in [7, 11) is 0. The van der Waals surface area contributed by atoms with Gasteiger partial charge < -0.3 is 64.9 Å². The number of aliphatic hydroxyl groups is 8. The van der Waals surface area contributed by atoms with Crippen molar-refractivity contribution in [3.8, 4) is 0 Å². The summed E-state index contributed by atoms with van der Waals surface area (Å²) in [5.74, 6) is -1.89. The number of carbonyl (C=O) groups is 2. The fraction of sp³-hybridized carbons (Fsp3) is 0.905. The zero-order valence-electron chi connectivity index (χ0n) is 34.1. The fourth-order valence-corrected chi connectivity index (χ4v) is 13.5. The van der Waals surface area contributed by atoms with Crippen LogP contribution in [0.15, 0.2) is 11.6 Å². The third kappa shape index (κ3) is 6.39. The first kappa shape index (κ1) is 43.3. The van der Waals surface area contributed by atoms with Crippen molar-refractivity contribution in [2.75, 3.05) is 13.2 Å². The van der Waals surface area contributed by atoms with Crippen LogP contribution in [0.3, 0.4) is 0 Å². The molecule has 4 saturated carbocycles. The number of esters is 1. The normalized spacial score (nSPS) is 53.3. The maximum Gasteiger partial charge on any atom is 0.335 e. The molecule has 2 saturated heterocycles. The summed E-state index contributed by atoms with van der Waals surface area (Å²) in [5.41, 5.74) is -0.762. The van der Waals surface area contributed by atoms with E-state index >= 15 is 0 Å². The van der Waals surface area contributed by atoms with Crippen molar-refractivity contribution in [1.29, 1.82) is 0 Å². The van der Waals surface area contributed by atoms with Crippen molar-refractivity contribution < 1.29 is 74.5 Å². The Morgan fingerprint density at radius 1 is 0.772 bits per heavy atom. The van der Waals surface area contributed by atoms with E-state index in [0.29, 0.717) is 25.2 Å². The lowest BCUT2D eigenvalue weighted by Gasteiger charge is -2.71. The molecule has 15 heteroatoms. The Kier molecular flexibility index (Phi) is 11.2. The van der Waals surface area contributed by atoms with Crippen LogP contribution in [0.1, 0.15) is 106 Å². The minimum Gasteiger partial charge on any atom is -0.479 e. The molecule has 7 rings (SSSR count). The van der Waals surface area contributed by atoms with Gasteiger partial charge in [0.15, 0.2) is 12.4 Å². The number of aliphatic hydroxyl groups excluding tert-OH is 8. The molecule has 57 heavy (non-hydrogen) atoms. The fourth-order valence-electron chi connectivity index (χ4n) is 13.5. The van der Waals surface area contributed by atoms with Crippen molar-refractivity contribution in [1.82, 2.24) is 0 Å². The number of carbonyl (C=O) groups excluding carboxylic acids is 1. The van der Waals surface area contributed by atoms with Gasteiger partial charge in [0, 0.05) is 5.41 Å². The van der Waals surface area contributed by atoms with E-state index in [4.69, 9.17) is 18.9 Å². The van der Waals surface area contributed by atoms with Crippen LogP contribution in [0.5, 0.6) is 0 Å². The number of carboxylic acid groups (broad SMARTS) is 1. The van der Waals surface area contributed by atoms with Crippen molar-refractivity contribution >= 4 is 11.9 Å². The predicted molar refractivity (Wildman–Crippen MR) is 200 cm³/mol. The van der Waals surface area contributed by atoms with E-state index in [2.05, 4.69) is 40.7 Å². The highest BCUT2D eigenvalue weighted by Gasteiger charge is 2.70. The minimum absolute atomic E-state index is 0.0540. The van der Waals surface area contributed by atoms with Gasteiger partial charge in [-0.25, -0.2) is 4.79 Å². The van der Waals surface area contributed by atoms with Crippen molar-refractivity contribution in [2.24, 2.45) is 50.2 Å². The van der Waals surface area contributed by atoms with E-state index < -0.39 is 96.9 Å². The molecule has 2 heterocycles. The summed E-state index contributed by atoms with van der Waals surface area (Å²) in [5, 5.41) is 94.9. The molecule has 9 N–H and O–H groups in total. The highest BCUT2D eigenvalue weighted by molar-refractivity contribution is 5.79. The minimum atomic E-state index is -1.99. The number of ether oxygens (including phenoxy) is 4. The molecule has 5 aliphatic carbocycles. The molecular weight excluding hydrogens is 744 g/mol. The number of allylic oxidation sites excluding steroid dienone is 2. The second-order valence-electron chi connectivity index (χ2n) is 20.5. The van der Waals surface area contributed by atoms with Crippen LogP contribution in [0, 0.1) is 50.2 Å². The van der Waals surface area contributed by atoms with Gasteiger partial charge in [-0.3, -0.25) is 4.79 Å². The van der Waals surface area contributed by atoms with Gasteiger partial charge in [-0.05, 0) is 104 Å². The maximum atomic E-state index is 14.8. The second kappa shape index (κ2) is 14.7. The molecule has 6 fully saturated rings. The molecule has 0 bridgehead atoms. The zero-order chi connectivity index (χ0) is 41.8. The molecule has 324 valence electrons. The first-order valence-electron chi connectivity index (χ1n) is 21.0. The van der Waals surface area contributed by atoms with Crippen LogP contribution >= 0.6 is 0 Å². The Morgan fingerprint density at radius 2 is 1.44 bits per heavy atom. The lowest BCUT2D eigenvalue weighted by Crippen LogP contribution is -2.66. The number of hydrogen-bond donors (Lipinski definition) is 9.